The molecule has 1 atom stereocenters. The van der Waals surface area contributed by atoms with Gasteiger partial charge in [0, 0.05) is 25.6 Å². The first-order valence-corrected chi connectivity index (χ1v) is 6.13. The van der Waals surface area contributed by atoms with E-state index in [-0.39, 0.29) is 23.8 Å². The van der Waals surface area contributed by atoms with Crippen molar-refractivity contribution in [3.8, 4) is 0 Å². The Bertz CT molecular complexity index is 254. The molecule has 1 N–H and O–H groups in total. The van der Waals surface area contributed by atoms with Gasteiger partial charge >= 0.3 is 0 Å². The maximum atomic E-state index is 12.2. The number of carbonyl (C=O) groups is 2. The fourth-order valence-electron chi connectivity index (χ4n) is 2.04. The van der Waals surface area contributed by atoms with Gasteiger partial charge < -0.3 is 10.2 Å². The third-order valence-electron chi connectivity index (χ3n) is 2.99. The highest BCUT2D eigenvalue weighted by Gasteiger charge is 2.28. The van der Waals surface area contributed by atoms with Crippen molar-refractivity contribution in [1.82, 2.24) is 10.2 Å². The number of carbonyl (C=O) groups excluding carboxylic acids is 2. The topological polar surface area (TPSA) is 49.4 Å². The first kappa shape index (κ1) is 13.0. The van der Waals surface area contributed by atoms with Crippen molar-refractivity contribution in [2.45, 2.75) is 46.1 Å². The quantitative estimate of drug-likeness (QED) is 0.782. The van der Waals surface area contributed by atoms with Crippen molar-refractivity contribution in [1.29, 1.82) is 0 Å². The Morgan fingerprint density at radius 3 is 2.69 bits per heavy atom. The molecule has 1 aliphatic rings. The fraction of sp³-hybridized carbons (Fsp3) is 0.833. The summed E-state index contributed by atoms with van der Waals surface area (Å²) in [6.07, 6.45) is 2.15. The van der Waals surface area contributed by atoms with Crippen LogP contribution in [0.5, 0.6) is 0 Å². The average Bonchev–Trinajstić information content (AvgIpc) is 2.25. The number of amides is 2. The van der Waals surface area contributed by atoms with Crippen LogP contribution in [0.3, 0.4) is 0 Å². The van der Waals surface area contributed by atoms with Gasteiger partial charge in [-0.15, -0.1) is 0 Å². The van der Waals surface area contributed by atoms with Crippen LogP contribution in [0, 0.1) is 5.92 Å². The van der Waals surface area contributed by atoms with Gasteiger partial charge in [-0.25, -0.2) is 0 Å². The van der Waals surface area contributed by atoms with Gasteiger partial charge in [0.2, 0.25) is 11.8 Å². The summed E-state index contributed by atoms with van der Waals surface area (Å²) in [7, 11) is 0. The molecule has 0 saturated carbocycles. The van der Waals surface area contributed by atoms with Crippen molar-refractivity contribution >= 4 is 11.8 Å². The zero-order valence-electron chi connectivity index (χ0n) is 10.5. The Morgan fingerprint density at radius 1 is 1.56 bits per heavy atom. The Kier molecular flexibility index (Phi) is 4.77. The molecule has 1 rings (SSSR count). The molecule has 1 unspecified atom stereocenters. The van der Waals surface area contributed by atoms with Gasteiger partial charge in [-0.2, -0.15) is 0 Å². The van der Waals surface area contributed by atoms with Gasteiger partial charge in [0.05, 0.1) is 5.92 Å². The summed E-state index contributed by atoms with van der Waals surface area (Å²) >= 11 is 0. The maximum Gasteiger partial charge on any atom is 0.227 e. The minimum atomic E-state index is -0.0216. The molecule has 1 fully saturated rings. The van der Waals surface area contributed by atoms with Crippen LogP contribution in [0.4, 0.5) is 0 Å². The summed E-state index contributed by atoms with van der Waals surface area (Å²) in [5.74, 6) is 0.235. The standard InChI is InChI=1S/C12H22N2O2/c1-4-7-14(9(2)3)12(16)10-5-6-11(15)13-8-10/h9-10H,4-8H2,1-3H3,(H,13,15). The highest BCUT2D eigenvalue weighted by Crippen LogP contribution is 2.16. The van der Waals surface area contributed by atoms with Gasteiger partial charge in [0.25, 0.3) is 0 Å². The van der Waals surface area contributed by atoms with Crippen LogP contribution in [-0.2, 0) is 9.59 Å². The van der Waals surface area contributed by atoms with E-state index in [9.17, 15) is 9.59 Å². The van der Waals surface area contributed by atoms with E-state index in [2.05, 4.69) is 12.2 Å². The zero-order chi connectivity index (χ0) is 12.1. The second-order valence-electron chi connectivity index (χ2n) is 4.67. The molecule has 0 radical (unpaired) electrons. The summed E-state index contributed by atoms with van der Waals surface area (Å²) in [5.41, 5.74) is 0. The molecule has 0 aromatic carbocycles. The number of hydrogen-bond donors (Lipinski definition) is 1. The Labute approximate surface area is 97.4 Å². The highest BCUT2D eigenvalue weighted by molar-refractivity contribution is 5.83. The van der Waals surface area contributed by atoms with E-state index >= 15 is 0 Å². The molecule has 4 heteroatoms. The lowest BCUT2D eigenvalue weighted by Gasteiger charge is -2.32. The van der Waals surface area contributed by atoms with Crippen molar-refractivity contribution in [3.05, 3.63) is 0 Å². The molecule has 1 heterocycles. The van der Waals surface area contributed by atoms with Crippen LogP contribution in [-0.4, -0.2) is 35.8 Å². The lowest BCUT2D eigenvalue weighted by Crippen LogP contribution is -2.47. The van der Waals surface area contributed by atoms with Crippen LogP contribution in [0.2, 0.25) is 0 Å². The summed E-state index contributed by atoms with van der Waals surface area (Å²) < 4.78 is 0. The minimum absolute atomic E-state index is 0.0216. The zero-order valence-corrected chi connectivity index (χ0v) is 10.5. The Hall–Kier alpha value is -1.06. The van der Waals surface area contributed by atoms with Crippen molar-refractivity contribution in [2.75, 3.05) is 13.1 Å². The lowest BCUT2D eigenvalue weighted by atomic mass is 9.97. The van der Waals surface area contributed by atoms with Crippen LogP contribution in [0.1, 0.15) is 40.0 Å². The second kappa shape index (κ2) is 5.87. The maximum absolute atomic E-state index is 12.2. The van der Waals surface area contributed by atoms with Crippen molar-refractivity contribution < 1.29 is 9.59 Å². The smallest absolute Gasteiger partial charge is 0.227 e. The third kappa shape index (κ3) is 3.22. The van der Waals surface area contributed by atoms with Gasteiger partial charge in [-0.3, -0.25) is 9.59 Å². The van der Waals surface area contributed by atoms with E-state index < -0.39 is 0 Å². The van der Waals surface area contributed by atoms with Crippen LogP contribution in [0.15, 0.2) is 0 Å². The normalized spacial score (nSPS) is 20.8. The SMILES string of the molecule is CCCN(C(=O)C1CCC(=O)NC1)C(C)C. The van der Waals surface area contributed by atoms with Gasteiger partial charge in [0.15, 0.2) is 0 Å². The predicted octanol–water partition coefficient (Wildman–Crippen LogP) is 1.16. The first-order valence-electron chi connectivity index (χ1n) is 6.13. The molecule has 16 heavy (non-hydrogen) atoms. The number of nitrogens with one attached hydrogen (secondary N) is 1. The Balaban J connectivity index is 2.56. The van der Waals surface area contributed by atoms with E-state index in [1.165, 1.54) is 0 Å². The van der Waals surface area contributed by atoms with Crippen LogP contribution in [0.25, 0.3) is 0 Å². The number of rotatable bonds is 4. The van der Waals surface area contributed by atoms with Crippen LogP contribution >= 0.6 is 0 Å². The molecule has 0 aromatic rings. The lowest BCUT2D eigenvalue weighted by molar-refractivity contribution is -0.139. The highest BCUT2D eigenvalue weighted by atomic mass is 16.2. The molecular formula is C12H22N2O2. The molecule has 1 aliphatic heterocycles. The molecule has 92 valence electrons. The molecule has 0 bridgehead atoms. The number of hydrogen-bond acceptors (Lipinski definition) is 2. The van der Waals surface area contributed by atoms with Gasteiger partial charge in [0.1, 0.15) is 0 Å². The molecule has 2 amide bonds. The summed E-state index contributed by atoms with van der Waals surface area (Å²) in [6, 6.07) is 0.241. The van der Waals surface area contributed by atoms with Crippen LogP contribution < -0.4 is 5.32 Å². The summed E-state index contributed by atoms with van der Waals surface area (Å²) in [4.78, 5) is 25.2. The summed E-state index contributed by atoms with van der Waals surface area (Å²) in [5, 5.41) is 2.76. The molecule has 0 spiro atoms. The van der Waals surface area contributed by atoms with Crippen molar-refractivity contribution in [2.24, 2.45) is 5.92 Å². The Morgan fingerprint density at radius 2 is 2.25 bits per heavy atom. The first-order chi connectivity index (χ1) is 7.56. The predicted molar refractivity (Wildman–Crippen MR) is 62.9 cm³/mol. The summed E-state index contributed by atoms with van der Waals surface area (Å²) in [6.45, 7) is 7.46. The molecule has 1 saturated heterocycles. The monoisotopic (exact) mass is 226 g/mol. The minimum Gasteiger partial charge on any atom is -0.355 e. The molecular weight excluding hydrogens is 204 g/mol. The average molecular weight is 226 g/mol. The number of piperidine rings is 1. The third-order valence-corrected chi connectivity index (χ3v) is 2.99. The largest absolute Gasteiger partial charge is 0.355 e. The van der Waals surface area contributed by atoms with E-state index in [1.807, 2.05) is 18.7 Å². The van der Waals surface area contributed by atoms with E-state index in [1.54, 1.807) is 0 Å². The molecule has 4 nitrogen and oxygen atoms in total. The van der Waals surface area contributed by atoms with E-state index in [0.717, 1.165) is 13.0 Å². The number of nitrogens with zero attached hydrogens (tertiary/aromatic N) is 1. The molecule has 0 aliphatic carbocycles. The van der Waals surface area contributed by atoms with Crippen molar-refractivity contribution in [3.63, 3.8) is 0 Å². The fourth-order valence-corrected chi connectivity index (χ4v) is 2.04. The van der Waals surface area contributed by atoms with Gasteiger partial charge in [-0.05, 0) is 26.7 Å². The second-order valence-corrected chi connectivity index (χ2v) is 4.67. The van der Waals surface area contributed by atoms with E-state index in [0.29, 0.717) is 19.4 Å². The molecule has 0 aromatic heterocycles. The van der Waals surface area contributed by atoms with E-state index in [4.69, 9.17) is 0 Å². The van der Waals surface area contributed by atoms with Gasteiger partial charge in [-0.1, -0.05) is 6.92 Å².